The molecular formula is C14H13N3O3S. The van der Waals surface area contributed by atoms with Crippen molar-refractivity contribution in [1.29, 1.82) is 0 Å². The molecule has 3 rings (SSSR count). The van der Waals surface area contributed by atoms with Crippen LogP contribution in [0, 0.1) is 0 Å². The van der Waals surface area contributed by atoms with Crippen LogP contribution in [0.15, 0.2) is 52.4 Å². The number of sulfone groups is 1. The SMILES string of the molecule is CS(=O)(=O)c1ccc(Cn2c(=O)[nH]c3ccncc32)cc1. The van der Waals surface area contributed by atoms with Crippen molar-refractivity contribution in [2.24, 2.45) is 0 Å². The van der Waals surface area contributed by atoms with Gasteiger partial charge in [0.05, 0.1) is 28.7 Å². The van der Waals surface area contributed by atoms with Crippen LogP contribution >= 0.6 is 0 Å². The summed E-state index contributed by atoms with van der Waals surface area (Å²) in [7, 11) is -3.21. The van der Waals surface area contributed by atoms with E-state index in [0.717, 1.165) is 22.9 Å². The molecule has 1 aromatic carbocycles. The molecule has 1 N–H and O–H groups in total. The normalized spacial score (nSPS) is 11.9. The molecule has 21 heavy (non-hydrogen) atoms. The Morgan fingerprint density at radius 3 is 2.57 bits per heavy atom. The number of aromatic amines is 1. The lowest BCUT2D eigenvalue weighted by Gasteiger charge is -2.04. The maximum atomic E-state index is 12.0. The summed E-state index contributed by atoms with van der Waals surface area (Å²) in [6.45, 7) is 0.356. The molecule has 108 valence electrons. The summed E-state index contributed by atoms with van der Waals surface area (Å²) in [5.41, 5.74) is 2.07. The highest BCUT2D eigenvalue weighted by molar-refractivity contribution is 7.90. The maximum Gasteiger partial charge on any atom is 0.326 e. The van der Waals surface area contributed by atoms with E-state index in [2.05, 4.69) is 9.97 Å². The van der Waals surface area contributed by atoms with E-state index in [1.165, 1.54) is 0 Å². The molecule has 0 bridgehead atoms. The summed E-state index contributed by atoms with van der Waals surface area (Å²) >= 11 is 0. The molecule has 2 heterocycles. The Bertz CT molecular complexity index is 953. The van der Waals surface area contributed by atoms with E-state index in [9.17, 15) is 13.2 Å². The van der Waals surface area contributed by atoms with Crippen LogP contribution < -0.4 is 5.69 Å². The fraction of sp³-hybridized carbons (Fsp3) is 0.143. The van der Waals surface area contributed by atoms with Crippen molar-refractivity contribution >= 4 is 20.9 Å². The Kier molecular flexibility index (Phi) is 3.13. The van der Waals surface area contributed by atoms with Crippen LogP contribution in [0.3, 0.4) is 0 Å². The number of fused-ring (bicyclic) bond motifs is 1. The highest BCUT2D eigenvalue weighted by atomic mass is 32.2. The van der Waals surface area contributed by atoms with Crippen molar-refractivity contribution in [3.05, 3.63) is 58.8 Å². The van der Waals surface area contributed by atoms with E-state index in [0.29, 0.717) is 6.54 Å². The highest BCUT2D eigenvalue weighted by Crippen LogP contribution is 2.13. The summed E-state index contributed by atoms with van der Waals surface area (Å²) in [4.78, 5) is 19.0. The number of nitrogens with one attached hydrogen (secondary N) is 1. The van der Waals surface area contributed by atoms with Gasteiger partial charge in [0.15, 0.2) is 9.84 Å². The molecule has 2 aromatic heterocycles. The van der Waals surface area contributed by atoms with Gasteiger partial charge in [-0.2, -0.15) is 0 Å². The summed E-state index contributed by atoms with van der Waals surface area (Å²) < 4.78 is 24.4. The van der Waals surface area contributed by atoms with Gasteiger partial charge in [-0.25, -0.2) is 13.2 Å². The number of benzene rings is 1. The minimum Gasteiger partial charge on any atom is -0.305 e. The molecule has 0 amide bonds. The quantitative estimate of drug-likeness (QED) is 0.787. The lowest BCUT2D eigenvalue weighted by molar-refractivity contribution is 0.602. The van der Waals surface area contributed by atoms with Crippen LogP contribution in [-0.2, 0) is 16.4 Å². The van der Waals surface area contributed by atoms with Crippen molar-refractivity contribution in [3.63, 3.8) is 0 Å². The van der Waals surface area contributed by atoms with Gasteiger partial charge < -0.3 is 4.98 Å². The number of pyridine rings is 1. The zero-order chi connectivity index (χ0) is 15.0. The molecule has 0 saturated carbocycles. The monoisotopic (exact) mass is 303 g/mol. The molecule has 0 atom stereocenters. The molecule has 0 spiro atoms. The van der Waals surface area contributed by atoms with Crippen LogP contribution in [0.4, 0.5) is 0 Å². The number of hydrogen-bond acceptors (Lipinski definition) is 4. The van der Waals surface area contributed by atoms with Crippen molar-refractivity contribution in [3.8, 4) is 0 Å². The fourth-order valence-corrected chi connectivity index (χ4v) is 2.81. The maximum absolute atomic E-state index is 12.0. The number of imidazole rings is 1. The lowest BCUT2D eigenvalue weighted by atomic mass is 10.2. The summed E-state index contributed by atoms with van der Waals surface area (Å²) in [6, 6.07) is 8.24. The van der Waals surface area contributed by atoms with Gasteiger partial charge in [0.2, 0.25) is 0 Å². The Balaban J connectivity index is 1.99. The van der Waals surface area contributed by atoms with Crippen LogP contribution in [0.5, 0.6) is 0 Å². The van der Waals surface area contributed by atoms with E-state index in [4.69, 9.17) is 0 Å². The minimum absolute atomic E-state index is 0.217. The van der Waals surface area contributed by atoms with Gasteiger partial charge >= 0.3 is 5.69 Å². The average molecular weight is 303 g/mol. The highest BCUT2D eigenvalue weighted by Gasteiger charge is 2.09. The van der Waals surface area contributed by atoms with Crippen molar-refractivity contribution in [1.82, 2.24) is 14.5 Å². The fourth-order valence-electron chi connectivity index (χ4n) is 2.18. The lowest BCUT2D eigenvalue weighted by Crippen LogP contribution is -2.17. The Hall–Kier alpha value is -2.41. The van der Waals surface area contributed by atoms with Crippen LogP contribution in [0.2, 0.25) is 0 Å². The molecule has 0 fully saturated rings. The molecule has 6 nitrogen and oxygen atoms in total. The van der Waals surface area contributed by atoms with Crippen molar-refractivity contribution in [2.45, 2.75) is 11.4 Å². The number of nitrogens with zero attached hydrogens (tertiary/aromatic N) is 2. The van der Waals surface area contributed by atoms with Gasteiger partial charge in [-0.15, -0.1) is 0 Å². The number of rotatable bonds is 3. The molecule has 0 aliphatic heterocycles. The summed E-state index contributed by atoms with van der Waals surface area (Å²) in [5.74, 6) is 0. The van der Waals surface area contributed by atoms with Gasteiger partial charge in [0.25, 0.3) is 0 Å². The second-order valence-electron chi connectivity index (χ2n) is 4.83. The molecule has 0 aliphatic rings. The Labute approximate surface area is 121 Å². The molecule has 0 unspecified atom stereocenters. The molecule has 0 radical (unpaired) electrons. The largest absolute Gasteiger partial charge is 0.326 e. The third-order valence-corrected chi connectivity index (χ3v) is 4.40. The van der Waals surface area contributed by atoms with Crippen LogP contribution in [0.1, 0.15) is 5.56 Å². The molecule has 7 heteroatoms. The predicted molar refractivity (Wildman–Crippen MR) is 79.0 cm³/mol. The zero-order valence-corrected chi connectivity index (χ0v) is 12.1. The number of H-pyrrole nitrogens is 1. The van der Waals surface area contributed by atoms with Gasteiger partial charge in [-0.1, -0.05) is 12.1 Å². The van der Waals surface area contributed by atoms with Gasteiger partial charge in [-0.05, 0) is 23.8 Å². The van der Waals surface area contributed by atoms with Gasteiger partial charge in [0.1, 0.15) is 0 Å². The second-order valence-corrected chi connectivity index (χ2v) is 6.84. The third kappa shape index (κ3) is 2.59. The third-order valence-electron chi connectivity index (χ3n) is 3.27. The second kappa shape index (κ2) is 4.85. The Morgan fingerprint density at radius 2 is 1.90 bits per heavy atom. The van der Waals surface area contributed by atoms with Crippen LogP contribution in [-0.4, -0.2) is 29.2 Å². The standard InChI is InChI=1S/C14H13N3O3S/c1-21(19,20)11-4-2-10(3-5-11)9-17-13-8-15-7-6-12(13)16-14(17)18/h2-8H,9H2,1H3,(H,16,18). The molecule has 0 aliphatic carbocycles. The first-order valence-corrected chi connectivity index (χ1v) is 8.16. The van der Waals surface area contributed by atoms with E-state index < -0.39 is 9.84 Å². The van der Waals surface area contributed by atoms with Crippen molar-refractivity contribution in [2.75, 3.05) is 6.26 Å². The molecular weight excluding hydrogens is 290 g/mol. The van der Waals surface area contributed by atoms with Gasteiger partial charge in [0, 0.05) is 12.5 Å². The minimum atomic E-state index is -3.21. The number of aromatic nitrogens is 3. The first-order valence-electron chi connectivity index (χ1n) is 6.27. The topological polar surface area (TPSA) is 84.8 Å². The van der Waals surface area contributed by atoms with Gasteiger partial charge in [-0.3, -0.25) is 9.55 Å². The molecule has 0 saturated heterocycles. The van der Waals surface area contributed by atoms with Crippen molar-refractivity contribution < 1.29 is 8.42 Å². The number of hydrogen-bond donors (Lipinski definition) is 1. The first-order chi connectivity index (χ1) is 9.95. The molecule has 3 aromatic rings. The Morgan fingerprint density at radius 1 is 1.19 bits per heavy atom. The van der Waals surface area contributed by atoms with E-state index in [1.54, 1.807) is 47.3 Å². The van der Waals surface area contributed by atoms with E-state index in [1.807, 2.05) is 0 Å². The summed E-state index contributed by atoms with van der Waals surface area (Å²) in [5, 5.41) is 0. The average Bonchev–Trinajstić information content (AvgIpc) is 2.75. The van der Waals surface area contributed by atoms with E-state index in [-0.39, 0.29) is 10.6 Å². The smallest absolute Gasteiger partial charge is 0.305 e. The predicted octanol–water partition coefficient (Wildman–Crippen LogP) is 1.18. The summed E-state index contributed by atoms with van der Waals surface area (Å²) in [6.07, 6.45) is 4.40. The zero-order valence-electron chi connectivity index (χ0n) is 11.3. The first kappa shape index (κ1) is 13.6. The van der Waals surface area contributed by atoms with E-state index >= 15 is 0 Å². The van der Waals surface area contributed by atoms with Crippen LogP contribution in [0.25, 0.3) is 11.0 Å².